The number of aryl methyl sites for hydroxylation is 1. The summed E-state index contributed by atoms with van der Waals surface area (Å²) in [5.74, 6) is 1.55. The predicted octanol–water partition coefficient (Wildman–Crippen LogP) is 3.82. The number of methoxy groups -OCH3 is 2. The van der Waals surface area contributed by atoms with Crippen LogP contribution < -0.4 is 10.5 Å². The van der Waals surface area contributed by atoms with Gasteiger partial charge in [0.1, 0.15) is 23.6 Å². The number of benzene rings is 1. The zero-order valence-electron chi connectivity index (χ0n) is 25.2. The molecule has 2 amide bonds. The van der Waals surface area contributed by atoms with E-state index in [4.69, 9.17) is 20.3 Å². The number of hydrogen-bond donors (Lipinski definition) is 1. The Labute approximate surface area is 251 Å². The molecule has 1 unspecified atom stereocenters. The van der Waals surface area contributed by atoms with Gasteiger partial charge in [0.05, 0.1) is 23.9 Å². The zero-order chi connectivity index (χ0) is 29.8. The number of piperidine rings is 1. The van der Waals surface area contributed by atoms with E-state index in [-0.39, 0.29) is 30.4 Å². The molecule has 3 aliphatic rings. The van der Waals surface area contributed by atoms with Crippen LogP contribution in [0.3, 0.4) is 0 Å². The van der Waals surface area contributed by atoms with E-state index >= 15 is 0 Å². The summed E-state index contributed by atoms with van der Waals surface area (Å²) >= 11 is 0. The molecule has 1 saturated carbocycles. The number of aromatic nitrogens is 3. The lowest BCUT2D eigenvalue weighted by atomic mass is 9.90. The van der Waals surface area contributed by atoms with Crippen molar-refractivity contribution in [2.45, 2.75) is 51.1 Å². The Morgan fingerprint density at radius 3 is 2.58 bits per heavy atom. The number of nitrogens with two attached hydrogens (primary N) is 1. The van der Waals surface area contributed by atoms with Crippen molar-refractivity contribution in [1.29, 1.82) is 0 Å². The van der Waals surface area contributed by atoms with E-state index in [0.717, 1.165) is 41.9 Å². The fourth-order valence-corrected chi connectivity index (χ4v) is 6.90. The third-order valence-electron chi connectivity index (χ3n) is 9.41. The fourth-order valence-electron chi connectivity index (χ4n) is 6.90. The second-order valence-corrected chi connectivity index (χ2v) is 12.5. The summed E-state index contributed by atoms with van der Waals surface area (Å²) in [5, 5.41) is 6.27. The summed E-state index contributed by atoms with van der Waals surface area (Å²) in [6.07, 6.45) is 6.14. The predicted molar refractivity (Wildman–Crippen MR) is 164 cm³/mol. The van der Waals surface area contributed by atoms with E-state index in [1.165, 1.54) is 29.3 Å². The molecule has 2 aliphatic heterocycles. The molecule has 0 spiro atoms. The molecule has 10 nitrogen and oxygen atoms in total. The number of carbonyl (C=O) groups excluding carboxylic acids is 2. The van der Waals surface area contributed by atoms with Crippen LogP contribution in [0, 0.1) is 12.8 Å². The second kappa shape index (κ2) is 11.0. The summed E-state index contributed by atoms with van der Waals surface area (Å²) in [6, 6.07) is 10.6. The van der Waals surface area contributed by atoms with Crippen molar-refractivity contribution in [3.63, 3.8) is 0 Å². The number of carbonyl (C=O) groups is 2. The SMILES string of the molecule is COCC(=O)N1CC(c2cccc3cc(-c4nn5cc(C(=O)N6CCCC(N)C6)cc(OC)c5c4C)n(CC4CC4)c23)C1. The lowest BCUT2D eigenvalue weighted by Crippen LogP contribution is -2.49. The largest absolute Gasteiger partial charge is 0.494 e. The highest BCUT2D eigenvalue weighted by molar-refractivity contribution is 5.96. The van der Waals surface area contributed by atoms with E-state index in [0.29, 0.717) is 43.4 Å². The number of pyridine rings is 1. The number of amides is 2. The van der Waals surface area contributed by atoms with Gasteiger partial charge in [-0.2, -0.15) is 5.10 Å². The number of ether oxygens (including phenoxy) is 2. The topological polar surface area (TPSA) is 107 Å². The van der Waals surface area contributed by atoms with E-state index in [1.54, 1.807) is 14.2 Å². The van der Waals surface area contributed by atoms with Crippen molar-refractivity contribution >= 4 is 28.2 Å². The smallest absolute Gasteiger partial charge is 0.255 e. The lowest BCUT2D eigenvalue weighted by Gasteiger charge is -2.40. The molecule has 1 atom stereocenters. The molecular weight excluding hydrogens is 544 g/mol. The Morgan fingerprint density at radius 1 is 1.05 bits per heavy atom. The van der Waals surface area contributed by atoms with Crippen LogP contribution in [0.2, 0.25) is 0 Å². The van der Waals surface area contributed by atoms with Crippen LogP contribution in [-0.4, -0.2) is 88.8 Å². The Bertz CT molecular complexity index is 1710. The molecule has 0 radical (unpaired) electrons. The van der Waals surface area contributed by atoms with Crippen LogP contribution in [0.15, 0.2) is 36.5 Å². The summed E-state index contributed by atoms with van der Waals surface area (Å²) in [4.78, 5) is 29.6. The van der Waals surface area contributed by atoms with E-state index < -0.39 is 0 Å². The molecule has 226 valence electrons. The van der Waals surface area contributed by atoms with Gasteiger partial charge >= 0.3 is 0 Å². The normalized spacial score (nSPS) is 19.3. The molecule has 3 aromatic heterocycles. The van der Waals surface area contributed by atoms with Crippen molar-refractivity contribution in [2.24, 2.45) is 11.7 Å². The van der Waals surface area contributed by atoms with Gasteiger partial charge in [0.2, 0.25) is 5.91 Å². The number of hydrogen-bond acceptors (Lipinski definition) is 6. The Hall–Kier alpha value is -3.89. The summed E-state index contributed by atoms with van der Waals surface area (Å²) in [5.41, 5.74) is 13.1. The lowest BCUT2D eigenvalue weighted by molar-refractivity contribution is -0.139. The average Bonchev–Trinajstić information content (AvgIpc) is 3.64. The average molecular weight is 585 g/mol. The summed E-state index contributed by atoms with van der Waals surface area (Å²) in [6.45, 7) is 5.80. The van der Waals surface area contributed by atoms with Crippen molar-refractivity contribution in [2.75, 3.05) is 47.0 Å². The van der Waals surface area contributed by atoms with Gasteiger partial charge in [-0.15, -0.1) is 0 Å². The van der Waals surface area contributed by atoms with Crippen LogP contribution in [0.1, 0.15) is 53.1 Å². The maximum absolute atomic E-state index is 13.5. The molecule has 1 aliphatic carbocycles. The monoisotopic (exact) mass is 584 g/mol. The van der Waals surface area contributed by atoms with Gasteiger partial charge in [-0.25, -0.2) is 4.52 Å². The van der Waals surface area contributed by atoms with Crippen LogP contribution in [0.25, 0.3) is 27.8 Å². The fraction of sp³-hybridized carbons (Fsp3) is 0.485. The van der Waals surface area contributed by atoms with E-state index in [2.05, 4.69) is 35.8 Å². The quantitative estimate of drug-likeness (QED) is 0.338. The van der Waals surface area contributed by atoms with Crippen LogP contribution in [0.4, 0.5) is 0 Å². The highest BCUT2D eigenvalue weighted by Gasteiger charge is 2.35. The summed E-state index contributed by atoms with van der Waals surface area (Å²) < 4.78 is 15.2. The van der Waals surface area contributed by atoms with E-state index in [1.807, 2.05) is 26.6 Å². The Kier molecular flexibility index (Phi) is 7.13. The van der Waals surface area contributed by atoms with Crippen molar-refractivity contribution < 1.29 is 19.1 Å². The Morgan fingerprint density at radius 2 is 1.86 bits per heavy atom. The third kappa shape index (κ3) is 4.96. The molecule has 1 aromatic carbocycles. The van der Waals surface area contributed by atoms with Crippen molar-refractivity contribution in [3.8, 4) is 17.1 Å². The molecule has 0 bridgehead atoms. The van der Waals surface area contributed by atoms with Gasteiger partial charge in [0, 0.05) is 68.9 Å². The first kappa shape index (κ1) is 27.9. The molecule has 2 N–H and O–H groups in total. The molecule has 10 heteroatoms. The van der Waals surface area contributed by atoms with Crippen LogP contribution in [0.5, 0.6) is 5.75 Å². The Balaban J connectivity index is 1.30. The van der Waals surface area contributed by atoms with Gasteiger partial charge in [-0.05, 0) is 56.2 Å². The molecule has 4 aromatic rings. The highest BCUT2D eigenvalue weighted by Crippen LogP contribution is 2.41. The molecule has 2 saturated heterocycles. The summed E-state index contributed by atoms with van der Waals surface area (Å²) in [7, 11) is 3.20. The molecular formula is C33H40N6O4. The highest BCUT2D eigenvalue weighted by atomic mass is 16.5. The molecule has 3 fully saturated rings. The first-order chi connectivity index (χ1) is 20.9. The van der Waals surface area contributed by atoms with Crippen molar-refractivity contribution in [1.82, 2.24) is 24.0 Å². The number of nitrogens with zero attached hydrogens (tertiary/aromatic N) is 5. The minimum absolute atomic E-state index is 0.00834. The third-order valence-corrected chi connectivity index (χ3v) is 9.41. The van der Waals surface area contributed by atoms with Crippen LogP contribution >= 0.6 is 0 Å². The molecule has 43 heavy (non-hydrogen) atoms. The molecule has 7 rings (SSSR count). The first-order valence-corrected chi connectivity index (χ1v) is 15.4. The maximum Gasteiger partial charge on any atom is 0.255 e. The van der Waals surface area contributed by atoms with Gasteiger partial charge in [-0.1, -0.05) is 18.2 Å². The number of rotatable bonds is 8. The number of para-hydroxylation sites is 1. The maximum atomic E-state index is 13.5. The molecule has 5 heterocycles. The minimum Gasteiger partial charge on any atom is -0.494 e. The van der Waals surface area contributed by atoms with Gasteiger partial charge < -0.3 is 29.6 Å². The standard InChI is InChI=1S/C33H40N6O4/c1-20-30(35-39-17-23(13-28(43-3)31(20)39)33(41)36-11-5-7-25(34)18-36)27-12-22-6-4-8-26(32(22)38(27)14-21-9-10-21)24-15-37(16-24)29(40)19-42-2/h4,6,8,12-13,17,21,24-25H,5,7,9-11,14-16,18-19,34H2,1-3H3. The van der Waals surface area contributed by atoms with Crippen LogP contribution in [-0.2, 0) is 16.1 Å². The number of fused-ring (bicyclic) bond motifs is 2. The minimum atomic E-state index is -0.0453. The van der Waals surface area contributed by atoms with E-state index in [9.17, 15) is 9.59 Å². The second-order valence-electron chi connectivity index (χ2n) is 12.5. The zero-order valence-corrected chi connectivity index (χ0v) is 25.2. The van der Waals surface area contributed by atoms with Gasteiger partial charge in [-0.3, -0.25) is 9.59 Å². The first-order valence-electron chi connectivity index (χ1n) is 15.4. The van der Waals surface area contributed by atoms with Gasteiger partial charge in [0.15, 0.2) is 0 Å². The van der Waals surface area contributed by atoms with Crippen molar-refractivity contribution in [3.05, 3.63) is 53.2 Å². The number of likely N-dealkylation sites (tertiary alicyclic amines) is 2. The van der Waals surface area contributed by atoms with Gasteiger partial charge in [0.25, 0.3) is 5.91 Å².